The largest absolute Gasteiger partial charge is 0.396 e. The molecule has 0 atom stereocenters. The van der Waals surface area contributed by atoms with E-state index in [1.807, 2.05) is 30.1 Å². The average molecular weight is 335 g/mol. The van der Waals surface area contributed by atoms with Crippen LogP contribution in [0.2, 0.25) is 0 Å². The number of nitrogen functional groups attached to an aromatic ring is 1. The van der Waals surface area contributed by atoms with Gasteiger partial charge in [0.2, 0.25) is 5.91 Å². The molecule has 1 aliphatic rings. The van der Waals surface area contributed by atoms with Crippen LogP contribution in [-0.2, 0) is 4.79 Å². The fraction of sp³-hybridized carbons (Fsp3) is 0.286. The van der Waals surface area contributed by atoms with E-state index >= 15 is 0 Å². The van der Waals surface area contributed by atoms with E-state index in [4.69, 9.17) is 5.73 Å². The number of nitrogens with two attached hydrogens (primary N) is 1. The van der Waals surface area contributed by atoms with Crippen molar-refractivity contribution in [2.45, 2.75) is 0 Å². The second kappa shape index (κ2) is 4.94. The fourth-order valence-corrected chi connectivity index (χ4v) is 2.83. The van der Waals surface area contributed by atoms with Crippen LogP contribution in [0.25, 0.3) is 10.9 Å². The summed E-state index contributed by atoms with van der Waals surface area (Å²) in [6, 6.07) is 5.89. The number of halogens is 1. The quantitative estimate of drug-likeness (QED) is 0.864. The maximum Gasteiger partial charge on any atom is 0.241 e. The number of aromatic nitrogens is 1. The van der Waals surface area contributed by atoms with E-state index in [0.717, 1.165) is 27.6 Å². The normalized spacial score (nSPS) is 16.0. The van der Waals surface area contributed by atoms with E-state index in [2.05, 4.69) is 20.9 Å². The third kappa shape index (κ3) is 2.20. The van der Waals surface area contributed by atoms with Crippen LogP contribution in [0.1, 0.15) is 0 Å². The number of likely N-dealkylation sites (N-methyl/N-ethyl adjacent to an activating group) is 1. The summed E-state index contributed by atoms with van der Waals surface area (Å²) < 4.78 is 0.971. The van der Waals surface area contributed by atoms with Gasteiger partial charge in [0, 0.05) is 30.0 Å². The number of rotatable bonds is 1. The summed E-state index contributed by atoms with van der Waals surface area (Å²) in [7, 11) is 1.82. The van der Waals surface area contributed by atoms with Crippen molar-refractivity contribution in [1.82, 2.24) is 9.88 Å². The summed E-state index contributed by atoms with van der Waals surface area (Å²) in [6.45, 7) is 1.83. The van der Waals surface area contributed by atoms with Crippen molar-refractivity contribution < 1.29 is 4.79 Å². The summed E-state index contributed by atoms with van der Waals surface area (Å²) in [6.07, 6.45) is 1.66. The number of pyridine rings is 1. The highest BCUT2D eigenvalue weighted by atomic mass is 79.9. The molecule has 5 nitrogen and oxygen atoms in total. The van der Waals surface area contributed by atoms with Crippen LogP contribution in [0.3, 0.4) is 0 Å². The van der Waals surface area contributed by atoms with Crippen molar-refractivity contribution in [1.29, 1.82) is 0 Å². The number of benzene rings is 1. The zero-order chi connectivity index (χ0) is 14.3. The first-order valence-electron chi connectivity index (χ1n) is 6.39. The molecule has 1 fully saturated rings. The molecule has 0 saturated carbocycles. The number of carbonyl (C=O) groups excluding carboxylic acids is 1. The summed E-state index contributed by atoms with van der Waals surface area (Å²) in [4.78, 5) is 20.0. The second-order valence-corrected chi connectivity index (χ2v) is 5.88. The lowest BCUT2D eigenvalue weighted by molar-refractivity contribution is -0.129. The van der Waals surface area contributed by atoms with E-state index in [1.165, 1.54) is 0 Å². The molecule has 0 radical (unpaired) electrons. The van der Waals surface area contributed by atoms with Crippen molar-refractivity contribution in [2.24, 2.45) is 0 Å². The van der Waals surface area contributed by atoms with Crippen molar-refractivity contribution in [3.8, 4) is 0 Å². The number of nitrogens with zero attached hydrogens (tertiary/aromatic N) is 3. The number of carbonyl (C=O) groups is 1. The van der Waals surface area contributed by atoms with Gasteiger partial charge in [-0.1, -0.05) is 15.9 Å². The summed E-state index contributed by atoms with van der Waals surface area (Å²) in [5.41, 5.74) is 8.49. The zero-order valence-corrected chi connectivity index (χ0v) is 12.7. The Kier molecular flexibility index (Phi) is 3.25. The van der Waals surface area contributed by atoms with E-state index in [0.29, 0.717) is 18.8 Å². The zero-order valence-electron chi connectivity index (χ0n) is 11.1. The van der Waals surface area contributed by atoms with Crippen LogP contribution in [0.15, 0.2) is 28.9 Å². The monoisotopic (exact) mass is 334 g/mol. The summed E-state index contributed by atoms with van der Waals surface area (Å²) >= 11 is 3.47. The van der Waals surface area contributed by atoms with Gasteiger partial charge in [-0.3, -0.25) is 9.78 Å². The Bertz CT molecular complexity index is 683. The molecular formula is C14H15BrN4O. The molecule has 1 aliphatic heterocycles. The Morgan fingerprint density at radius 1 is 1.35 bits per heavy atom. The first-order valence-corrected chi connectivity index (χ1v) is 7.18. The number of anilines is 2. The third-order valence-corrected chi connectivity index (χ3v) is 4.10. The molecule has 1 aromatic heterocycles. The molecule has 1 aromatic carbocycles. The van der Waals surface area contributed by atoms with Crippen LogP contribution >= 0.6 is 15.9 Å². The number of hydrogen-bond donors (Lipinski definition) is 1. The van der Waals surface area contributed by atoms with Crippen LogP contribution in [0.4, 0.5) is 11.4 Å². The van der Waals surface area contributed by atoms with Gasteiger partial charge >= 0.3 is 0 Å². The van der Waals surface area contributed by atoms with E-state index in [9.17, 15) is 4.79 Å². The van der Waals surface area contributed by atoms with Crippen molar-refractivity contribution in [3.63, 3.8) is 0 Å². The molecule has 2 heterocycles. The Morgan fingerprint density at radius 2 is 2.15 bits per heavy atom. The van der Waals surface area contributed by atoms with Gasteiger partial charge < -0.3 is 15.5 Å². The minimum Gasteiger partial charge on any atom is -0.396 e. The molecule has 0 unspecified atom stereocenters. The third-order valence-electron chi connectivity index (χ3n) is 3.60. The summed E-state index contributed by atoms with van der Waals surface area (Å²) in [5, 5.41) is 0.969. The van der Waals surface area contributed by atoms with Gasteiger partial charge in [0.05, 0.1) is 29.6 Å². The Balaban J connectivity index is 2.12. The maximum absolute atomic E-state index is 11.9. The minimum absolute atomic E-state index is 0.107. The molecule has 2 aromatic rings. The fourth-order valence-electron chi connectivity index (χ4n) is 2.47. The van der Waals surface area contributed by atoms with Gasteiger partial charge in [-0.15, -0.1) is 0 Å². The van der Waals surface area contributed by atoms with Crippen LogP contribution in [0, 0.1) is 0 Å². The predicted octanol–water partition coefficient (Wildman–Crippen LogP) is 1.86. The van der Waals surface area contributed by atoms with E-state index < -0.39 is 0 Å². The molecule has 1 saturated heterocycles. The number of fused-ring (bicyclic) bond motifs is 1. The highest BCUT2D eigenvalue weighted by Crippen LogP contribution is 2.33. The number of hydrogen-bond acceptors (Lipinski definition) is 4. The van der Waals surface area contributed by atoms with Gasteiger partial charge in [0.25, 0.3) is 0 Å². The van der Waals surface area contributed by atoms with Gasteiger partial charge in [-0.2, -0.15) is 0 Å². The number of amides is 1. The second-order valence-electron chi connectivity index (χ2n) is 4.96. The molecule has 0 aliphatic carbocycles. The van der Waals surface area contributed by atoms with Crippen LogP contribution < -0.4 is 10.6 Å². The van der Waals surface area contributed by atoms with Crippen LogP contribution in [0.5, 0.6) is 0 Å². The maximum atomic E-state index is 11.9. The minimum atomic E-state index is 0.107. The molecule has 104 valence electrons. The molecule has 2 N–H and O–H groups in total. The highest BCUT2D eigenvalue weighted by molar-refractivity contribution is 9.10. The van der Waals surface area contributed by atoms with E-state index in [1.54, 1.807) is 11.1 Å². The molecule has 1 amide bonds. The first kappa shape index (κ1) is 13.2. The highest BCUT2D eigenvalue weighted by Gasteiger charge is 2.24. The molecule has 20 heavy (non-hydrogen) atoms. The Labute approximate surface area is 125 Å². The molecule has 3 rings (SSSR count). The SMILES string of the molecule is CN1CCN(c2c(N)cnc3ccc(Br)cc23)CC1=O. The first-order chi connectivity index (χ1) is 9.56. The van der Waals surface area contributed by atoms with Crippen molar-refractivity contribution >= 4 is 44.1 Å². The average Bonchev–Trinajstić information content (AvgIpc) is 2.42. The van der Waals surface area contributed by atoms with Crippen LogP contribution in [-0.4, -0.2) is 42.5 Å². The smallest absolute Gasteiger partial charge is 0.241 e. The lowest BCUT2D eigenvalue weighted by Gasteiger charge is -2.34. The predicted molar refractivity (Wildman–Crippen MR) is 83.7 cm³/mol. The Hall–Kier alpha value is -1.82. The molecular weight excluding hydrogens is 320 g/mol. The standard InChI is InChI=1S/C14H15BrN4O/c1-18-4-5-19(8-13(18)20)14-10-6-9(15)2-3-12(10)17-7-11(14)16/h2-3,6-7H,4-5,8,16H2,1H3. The molecule has 6 heteroatoms. The molecule has 0 bridgehead atoms. The molecule has 0 spiro atoms. The van der Waals surface area contributed by atoms with Crippen molar-refractivity contribution in [3.05, 3.63) is 28.9 Å². The van der Waals surface area contributed by atoms with Gasteiger partial charge in [-0.25, -0.2) is 0 Å². The lowest BCUT2D eigenvalue weighted by atomic mass is 10.1. The summed E-state index contributed by atoms with van der Waals surface area (Å²) in [5.74, 6) is 0.107. The van der Waals surface area contributed by atoms with Gasteiger partial charge in [0.1, 0.15) is 0 Å². The number of piperazine rings is 1. The topological polar surface area (TPSA) is 62.5 Å². The lowest BCUT2D eigenvalue weighted by Crippen LogP contribution is -2.48. The van der Waals surface area contributed by atoms with Crippen molar-refractivity contribution in [2.75, 3.05) is 37.3 Å². The van der Waals surface area contributed by atoms with Gasteiger partial charge in [-0.05, 0) is 18.2 Å². The Morgan fingerprint density at radius 3 is 2.90 bits per heavy atom. The van der Waals surface area contributed by atoms with E-state index in [-0.39, 0.29) is 5.91 Å². The van der Waals surface area contributed by atoms with Gasteiger partial charge in [0.15, 0.2) is 0 Å².